The Bertz CT molecular complexity index is 1220. The number of halogens is 1. The van der Waals surface area contributed by atoms with E-state index in [1.807, 2.05) is 13.8 Å². The van der Waals surface area contributed by atoms with Crippen LogP contribution in [0.2, 0.25) is 0 Å². The van der Waals surface area contributed by atoms with Crippen LogP contribution in [0.4, 0.5) is 10.1 Å². The monoisotopic (exact) mass is 563 g/mol. The molecule has 9 nitrogen and oxygen atoms in total. The van der Waals surface area contributed by atoms with Gasteiger partial charge < -0.3 is 19.7 Å². The minimum Gasteiger partial charge on any atom is -0.486 e. The van der Waals surface area contributed by atoms with Gasteiger partial charge >= 0.3 is 0 Å². The Morgan fingerprint density at radius 2 is 1.72 bits per heavy atom. The van der Waals surface area contributed by atoms with Crippen LogP contribution in [0.25, 0.3) is 0 Å². The van der Waals surface area contributed by atoms with E-state index in [0.29, 0.717) is 48.9 Å². The minimum atomic E-state index is -3.65. The van der Waals surface area contributed by atoms with Crippen molar-refractivity contribution in [3.8, 4) is 11.5 Å². The van der Waals surface area contributed by atoms with Crippen LogP contribution in [0.1, 0.15) is 51.5 Å². The third-order valence-electron chi connectivity index (χ3n) is 6.45. The molecule has 1 N–H and O–H groups in total. The summed E-state index contributed by atoms with van der Waals surface area (Å²) in [7, 11) is -3.65. The van der Waals surface area contributed by atoms with E-state index in [1.54, 1.807) is 30.3 Å². The summed E-state index contributed by atoms with van der Waals surface area (Å²) in [4.78, 5) is 28.0. The minimum absolute atomic E-state index is 0.0243. The van der Waals surface area contributed by atoms with Gasteiger partial charge in [0.25, 0.3) is 0 Å². The first-order valence-corrected chi connectivity index (χ1v) is 15.2. The van der Waals surface area contributed by atoms with Crippen molar-refractivity contribution in [2.24, 2.45) is 0 Å². The van der Waals surface area contributed by atoms with Crippen LogP contribution in [0.15, 0.2) is 42.5 Å². The van der Waals surface area contributed by atoms with Crippen molar-refractivity contribution >= 4 is 27.5 Å². The number of hydrogen-bond donors (Lipinski definition) is 1. The van der Waals surface area contributed by atoms with Gasteiger partial charge in [-0.05, 0) is 49.1 Å². The smallest absolute Gasteiger partial charge is 0.242 e. The average molecular weight is 564 g/mol. The highest BCUT2D eigenvalue weighted by Crippen LogP contribution is 2.34. The fraction of sp³-hybridized carbons (Fsp3) is 0.500. The van der Waals surface area contributed by atoms with Crippen molar-refractivity contribution < 1.29 is 31.9 Å². The molecule has 0 saturated carbocycles. The summed E-state index contributed by atoms with van der Waals surface area (Å²) in [5, 5.41) is 2.90. The van der Waals surface area contributed by atoms with E-state index in [1.165, 1.54) is 21.3 Å². The molecule has 0 fully saturated rings. The number of nitrogens with one attached hydrogen (secondary N) is 1. The topological polar surface area (TPSA) is 105 Å². The molecular formula is C28H38FN3O6S. The van der Waals surface area contributed by atoms with Crippen molar-refractivity contribution in [2.45, 2.75) is 58.5 Å². The summed E-state index contributed by atoms with van der Waals surface area (Å²) in [6.07, 6.45) is 3.52. The number of hydrogen-bond acceptors (Lipinski definition) is 6. The molecule has 1 aliphatic rings. The zero-order chi connectivity index (χ0) is 28.4. The summed E-state index contributed by atoms with van der Waals surface area (Å²) in [6.45, 7) is 5.38. The van der Waals surface area contributed by atoms with E-state index >= 15 is 0 Å². The molecule has 1 unspecified atom stereocenters. The number of sulfonamides is 1. The number of ether oxygens (including phenoxy) is 2. The summed E-state index contributed by atoms with van der Waals surface area (Å²) in [5.41, 5.74) is 1.11. The van der Waals surface area contributed by atoms with E-state index < -0.39 is 16.1 Å². The lowest BCUT2D eigenvalue weighted by Crippen LogP contribution is -2.49. The Morgan fingerprint density at radius 1 is 1.03 bits per heavy atom. The quantitative estimate of drug-likeness (QED) is 0.350. The maximum absolute atomic E-state index is 13.5. The molecule has 2 aromatic rings. The van der Waals surface area contributed by atoms with Gasteiger partial charge in [-0.15, -0.1) is 0 Å². The Balaban J connectivity index is 1.74. The van der Waals surface area contributed by atoms with Gasteiger partial charge in [-0.3, -0.25) is 13.9 Å². The zero-order valence-electron chi connectivity index (χ0n) is 22.8. The highest BCUT2D eigenvalue weighted by Gasteiger charge is 2.29. The standard InChI is InChI=1S/C28H38FN3O6S/c1-4-6-15-30-28(34)24(5-2)31(20-21-9-11-22(29)12-10-21)27(33)8-7-16-32(39(3,35)36)23-13-14-25-26(19-23)38-18-17-37-25/h9-14,19,24H,4-8,15-18,20H2,1-3H3,(H,30,34). The van der Waals surface area contributed by atoms with Gasteiger partial charge in [-0.1, -0.05) is 32.4 Å². The maximum Gasteiger partial charge on any atom is 0.242 e. The molecule has 3 rings (SSSR count). The van der Waals surface area contributed by atoms with E-state index in [9.17, 15) is 22.4 Å². The van der Waals surface area contributed by atoms with Gasteiger partial charge in [0.1, 0.15) is 25.1 Å². The number of carbonyl (C=O) groups excluding carboxylic acids is 2. The van der Waals surface area contributed by atoms with E-state index in [4.69, 9.17) is 9.47 Å². The van der Waals surface area contributed by atoms with Gasteiger partial charge in [0.15, 0.2) is 11.5 Å². The summed E-state index contributed by atoms with van der Waals surface area (Å²) in [5.74, 6) is 0.102. The zero-order valence-corrected chi connectivity index (χ0v) is 23.6. The van der Waals surface area contributed by atoms with Crippen molar-refractivity contribution in [2.75, 3.05) is 36.9 Å². The van der Waals surface area contributed by atoms with E-state index in [-0.39, 0.29) is 43.6 Å². The lowest BCUT2D eigenvalue weighted by molar-refractivity contribution is -0.141. The molecule has 1 atom stereocenters. The number of amides is 2. The lowest BCUT2D eigenvalue weighted by atomic mass is 10.1. The van der Waals surface area contributed by atoms with Crippen LogP contribution in [0.3, 0.4) is 0 Å². The van der Waals surface area contributed by atoms with Crippen LogP contribution in [0, 0.1) is 5.82 Å². The second-order valence-electron chi connectivity index (χ2n) is 9.48. The van der Waals surface area contributed by atoms with Gasteiger partial charge in [0, 0.05) is 32.1 Å². The van der Waals surface area contributed by atoms with Gasteiger partial charge in [0.2, 0.25) is 21.8 Å². The third kappa shape index (κ3) is 8.58. The maximum atomic E-state index is 13.5. The van der Waals surface area contributed by atoms with E-state index in [2.05, 4.69) is 5.32 Å². The fourth-order valence-electron chi connectivity index (χ4n) is 4.40. The SMILES string of the molecule is CCCCNC(=O)C(CC)N(Cc1ccc(F)cc1)C(=O)CCCN(c1ccc2c(c1)OCCO2)S(C)(=O)=O. The number of carbonyl (C=O) groups is 2. The second-order valence-corrected chi connectivity index (χ2v) is 11.4. The normalized spacial score (nSPS) is 13.4. The number of nitrogens with zero attached hydrogens (tertiary/aromatic N) is 2. The summed E-state index contributed by atoms with van der Waals surface area (Å²) < 4.78 is 51.1. The Morgan fingerprint density at radius 3 is 2.36 bits per heavy atom. The lowest BCUT2D eigenvalue weighted by Gasteiger charge is -2.31. The molecule has 0 radical (unpaired) electrons. The molecular weight excluding hydrogens is 525 g/mol. The van der Waals surface area contributed by atoms with E-state index in [0.717, 1.165) is 19.1 Å². The summed E-state index contributed by atoms with van der Waals surface area (Å²) >= 11 is 0. The van der Waals surface area contributed by atoms with Crippen LogP contribution in [-0.4, -0.2) is 63.7 Å². The molecule has 11 heteroatoms. The highest BCUT2D eigenvalue weighted by atomic mass is 32.2. The van der Waals surface area contributed by atoms with Crippen molar-refractivity contribution in [3.05, 3.63) is 53.8 Å². The summed E-state index contributed by atoms with van der Waals surface area (Å²) in [6, 6.07) is 10.0. The molecule has 1 heterocycles. The van der Waals surface area contributed by atoms with Crippen LogP contribution in [-0.2, 0) is 26.2 Å². The average Bonchev–Trinajstić information content (AvgIpc) is 2.91. The van der Waals surface area contributed by atoms with Crippen LogP contribution >= 0.6 is 0 Å². The molecule has 214 valence electrons. The Labute approximate surface area is 230 Å². The first kappa shape index (κ1) is 30.2. The van der Waals surface area contributed by atoms with Crippen LogP contribution in [0.5, 0.6) is 11.5 Å². The van der Waals surface area contributed by atoms with Gasteiger partial charge in [-0.2, -0.15) is 0 Å². The van der Waals surface area contributed by atoms with Crippen molar-refractivity contribution in [3.63, 3.8) is 0 Å². The Hall–Kier alpha value is -3.34. The first-order valence-electron chi connectivity index (χ1n) is 13.3. The molecule has 2 aromatic carbocycles. The molecule has 39 heavy (non-hydrogen) atoms. The predicted octanol–water partition coefficient (Wildman–Crippen LogP) is 3.87. The molecule has 0 spiro atoms. The third-order valence-corrected chi connectivity index (χ3v) is 7.64. The highest BCUT2D eigenvalue weighted by molar-refractivity contribution is 7.92. The second kappa shape index (κ2) is 14.2. The first-order chi connectivity index (χ1) is 18.6. The number of rotatable bonds is 14. The number of fused-ring (bicyclic) bond motifs is 1. The molecule has 1 aliphatic heterocycles. The van der Waals surface area contributed by atoms with Gasteiger partial charge in [0.05, 0.1) is 11.9 Å². The molecule has 0 saturated heterocycles. The Kier molecular flexibility index (Phi) is 11.0. The number of anilines is 1. The predicted molar refractivity (Wildman–Crippen MR) is 148 cm³/mol. The molecule has 2 amide bonds. The van der Waals surface area contributed by atoms with Crippen molar-refractivity contribution in [1.29, 1.82) is 0 Å². The number of unbranched alkanes of at least 4 members (excludes halogenated alkanes) is 1. The van der Waals surface area contributed by atoms with Crippen molar-refractivity contribution in [1.82, 2.24) is 10.2 Å². The molecule has 0 bridgehead atoms. The largest absolute Gasteiger partial charge is 0.486 e. The molecule has 0 aromatic heterocycles. The number of benzene rings is 2. The fourth-order valence-corrected chi connectivity index (χ4v) is 5.36. The van der Waals surface area contributed by atoms with Crippen LogP contribution < -0.4 is 19.1 Å². The molecule has 0 aliphatic carbocycles. The van der Waals surface area contributed by atoms with Gasteiger partial charge in [-0.25, -0.2) is 12.8 Å².